The van der Waals surface area contributed by atoms with Gasteiger partial charge >= 0.3 is 0 Å². The van der Waals surface area contributed by atoms with Crippen molar-refractivity contribution in [3.05, 3.63) is 39.3 Å². The van der Waals surface area contributed by atoms with Gasteiger partial charge in [-0.2, -0.15) is 0 Å². The molecule has 2 aromatic rings. The summed E-state index contributed by atoms with van der Waals surface area (Å²) in [6.07, 6.45) is 0. The van der Waals surface area contributed by atoms with Gasteiger partial charge in [-0.1, -0.05) is 6.07 Å². The van der Waals surface area contributed by atoms with Crippen LogP contribution in [0.1, 0.15) is 38.9 Å². The summed E-state index contributed by atoms with van der Waals surface area (Å²) in [4.78, 5) is 16.9. The predicted octanol–water partition coefficient (Wildman–Crippen LogP) is 2.61. The maximum Gasteiger partial charge on any atom is 0.250 e. The Morgan fingerprint density at radius 1 is 1.40 bits per heavy atom. The number of aryl methyl sites for hydroxylation is 2. The Bertz CT molecular complexity index is 651. The summed E-state index contributed by atoms with van der Waals surface area (Å²) in [5.41, 5.74) is 13.7. The molecule has 0 aliphatic heterocycles. The van der Waals surface area contributed by atoms with Gasteiger partial charge in [-0.25, -0.2) is 4.98 Å². The first-order valence-corrected chi connectivity index (χ1v) is 7.10. The zero-order chi connectivity index (χ0) is 14.9. The summed E-state index contributed by atoms with van der Waals surface area (Å²) in [6, 6.07) is 5.28. The van der Waals surface area contributed by atoms with Gasteiger partial charge in [0.2, 0.25) is 0 Å². The third-order valence-corrected chi connectivity index (χ3v) is 4.33. The molecule has 0 aliphatic rings. The Balaban J connectivity index is 2.28. The molecule has 1 aromatic heterocycles. The van der Waals surface area contributed by atoms with Gasteiger partial charge in [0.05, 0.1) is 33.7 Å². The highest BCUT2D eigenvalue weighted by Gasteiger charge is 2.15. The van der Waals surface area contributed by atoms with Crippen LogP contribution < -0.4 is 16.8 Å². The van der Waals surface area contributed by atoms with Gasteiger partial charge in [-0.05, 0) is 32.9 Å². The number of benzene rings is 1. The zero-order valence-corrected chi connectivity index (χ0v) is 12.5. The van der Waals surface area contributed by atoms with Crippen molar-refractivity contribution >= 4 is 28.6 Å². The highest BCUT2D eigenvalue weighted by molar-refractivity contribution is 7.11. The fourth-order valence-electron chi connectivity index (χ4n) is 2.15. The molecule has 2 rings (SSSR count). The van der Waals surface area contributed by atoms with Crippen molar-refractivity contribution in [2.24, 2.45) is 5.73 Å². The molecule has 0 saturated heterocycles. The summed E-state index contributed by atoms with van der Waals surface area (Å²) >= 11 is 1.65. The fourth-order valence-corrected chi connectivity index (χ4v) is 3.08. The SMILES string of the molecule is Cc1nc(C)c(C(C)Nc2cccc(C(N)=O)c2N)s1. The second-order valence-corrected chi connectivity index (χ2v) is 5.91. The van der Waals surface area contributed by atoms with Gasteiger partial charge in [-0.15, -0.1) is 11.3 Å². The lowest BCUT2D eigenvalue weighted by molar-refractivity contribution is 0.100. The van der Waals surface area contributed by atoms with Crippen molar-refractivity contribution in [3.63, 3.8) is 0 Å². The van der Waals surface area contributed by atoms with Crippen LogP contribution in [0.3, 0.4) is 0 Å². The van der Waals surface area contributed by atoms with Gasteiger partial charge in [0.15, 0.2) is 0 Å². The van der Waals surface area contributed by atoms with Crippen molar-refractivity contribution in [1.82, 2.24) is 4.98 Å². The fraction of sp³-hybridized carbons (Fsp3) is 0.286. The molecule has 0 aliphatic carbocycles. The van der Waals surface area contributed by atoms with Crippen LogP contribution >= 0.6 is 11.3 Å². The predicted molar refractivity (Wildman–Crippen MR) is 83.0 cm³/mol. The molecule has 1 aromatic carbocycles. The number of nitrogens with zero attached hydrogens (tertiary/aromatic N) is 1. The van der Waals surface area contributed by atoms with E-state index < -0.39 is 5.91 Å². The minimum absolute atomic E-state index is 0.0617. The summed E-state index contributed by atoms with van der Waals surface area (Å²) in [6.45, 7) is 6.01. The summed E-state index contributed by atoms with van der Waals surface area (Å²) in [5.74, 6) is -0.524. The Labute approximate surface area is 122 Å². The molecule has 20 heavy (non-hydrogen) atoms. The van der Waals surface area contributed by atoms with E-state index in [1.807, 2.05) is 26.8 Å². The number of carbonyl (C=O) groups is 1. The average molecular weight is 290 g/mol. The molecule has 0 bridgehead atoms. The number of thiazole rings is 1. The molecule has 1 atom stereocenters. The normalized spacial score (nSPS) is 12.2. The van der Waals surface area contributed by atoms with E-state index in [1.165, 1.54) is 0 Å². The molecule has 6 heteroatoms. The van der Waals surface area contributed by atoms with Crippen molar-refractivity contribution in [3.8, 4) is 0 Å². The summed E-state index contributed by atoms with van der Waals surface area (Å²) < 4.78 is 0. The van der Waals surface area contributed by atoms with Crippen molar-refractivity contribution in [2.75, 3.05) is 11.1 Å². The van der Waals surface area contributed by atoms with Gasteiger partial charge in [0.25, 0.3) is 5.91 Å². The van der Waals surface area contributed by atoms with Crippen LogP contribution in [0.15, 0.2) is 18.2 Å². The molecular formula is C14H18N4OS. The summed E-state index contributed by atoms with van der Waals surface area (Å²) in [7, 11) is 0. The van der Waals surface area contributed by atoms with E-state index in [-0.39, 0.29) is 6.04 Å². The van der Waals surface area contributed by atoms with Gasteiger partial charge in [0, 0.05) is 4.88 Å². The molecule has 0 fully saturated rings. The molecule has 0 saturated carbocycles. The largest absolute Gasteiger partial charge is 0.396 e. The lowest BCUT2D eigenvalue weighted by Crippen LogP contribution is -2.15. The Kier molecular flexibility index (Phi) is 3.94. The highest BCUT2D eigenvalue weighted by Crippen LogP contribution is 2.30. The maximum absolute atomic E-state index is 11.3. The number of rotatable bonds is 4. The first-order chi connectivity index (χ1) is 9.40. The van der Waals surface area contributed by atoms with E-state index in [9.17, 15) is 4.79 Å². The van der Waals surface area contributed by atoms with Crippen LogP contribution in [0.4, 0.5) is 11.4 Å². The number of nitrogens with two attached hydrogens (primary N) is 2. The lowest BCUT2D eigenvalue weighted by Gasteiger charge is -2.17. The van der Waals surface area contributed by atoms with Crippen molar-refractivity contribution in [2.45, 2.75) is 26.8 Å². The number of anilines is 2. The molecule has 5 N–H and O–H groups in total. The molecule has 5 nitrogen and oxygen atoms in total. The van der Waals surface area contributed by atoms with Gasteiger partial charge in [-0.3, -0.25) is 4.79 Å². The van der Waals surface area contributed by atoms with E-state index in [0.29, 0.717) is 16.9 Å². The monoisotopic (exact) mass is 290 g/mol. The third kappa shape index (κ3) is 2.75. The van der Waals surface area contributed by atoms with Gasteiger partial charge in [0.1, 0.15) is 0 Å². The van der Waals surface area contributed by atoms with Crippen LogP contribution in [0.5, 0.6) is 0 Å². The molecule has 1 unspecified atom stereocenters. The topological polar surface area (TPSA) is 94.0 Å². The standard InChI is InChI=1S/C14H18N4OS/c1-7-13(20-9(3)17-7)8(2)18-11-6-4-5-10(12(11)15)14(16)19/h4-6,8,18H,15H2,1-3H3,(H2,16,19). The number of hydrogen-bond donors (Lipinski definition) is 3. The molecular weight excluding hydrogens is 272 g/mol. The zero-order valence-electron chi connectivity index (χ0n) is 11.7. The second-order valence-electron chi connectivity index (χ2n) is 4.68. The van der Waals surface area contributed by atoms with Crippen LogP contribution in [0, 0.1) is 13.8 Å². The average Bonchev–Trinajstić information content (AvgIpc) is 2.70. The van der Waals surface area contributed by atoms with E-state index in [4.69, 9.17) is 11.5 Å². The quantitative estimate of drug-likeness (QED) is 0.754. The van der Waals surface area contributed by atoms with Crippen LogP contribution in [0.25, 0.3) is 0 Å². The number of amides is 1. The second kappa shape index (κ2) is 5.50. The number of aromatic nitrogens is 1. The molecule has 1 heterocycles. The smallest absolute Gasteiger partial charge is 0.250 e. The van der Waals surface area contributed by atoms with E-state index in [2.05, 4.69) is 10.3 Å². The van der Waals surface area contributed by atoms with E-state index in [1.54, 1.807) is 23.5 Å². The lowest BCUT2D eigenvalue weighted by atomic mass is 10.1. The number of primary amides is 1. The number of carbonyl (C=O) groups excluding carboxylic acids is 1. The van der Waals surface area contributed by atoms with E-state index in [0.717, 1.165) is 15.6 Å². The summed E-state index contributed by atoms with van der Waals surface area (Å²) in [5, 5.41) is 4.35. The number of nitrogens with one attached hydrogen (secondary N) is 1. The van der Waals surface area contributed by atoms with Gasteiger partial charge < -0.3 is 16.8 Å². The molecule has 0 radical (unpaired) electrons. The van der Waals surface area contributed by atoms with Crippen LogP contribution in [-0.4, -0.2) is 10.9 Å². The first-order valence-electron chi connectivity index (χ1n) is 6.29. The molecule has 1 amide bonds. The first kappa shape index (κ1) is 14.3. The molecule has 106 valence electrons. The number of para-hydroxylation sites is 1. The minimum atomic E-state index is -0.524. The molecule has 0 spiro atoms. The van der Waals surface area contributed by atoms with Crippen molar-refractivity contribution in [1.29, 1.82) is 0 Å². The Morgan fingerprint density at radius 2 is 2.10 bits per heavy atom. The maximum atomic E-state index is 11.3. The number of nitrogen functional groups attached to an aromatic ring is 1. The Hall–Kier alpha value is -2.08. The minimum Gasteiger partial charge on any atom is -0.396 e. The van der Waals surface area contributed by atoms with Crippen LogP contribution in [0.2, 0.25) is 0 Å². The third-order valence-electron chi connectivity index (χ3n) is 3.08. The Morgan fingerprint density at radius 3 is 2.65 bits per heavy atom. The van der Waals surface area contributed by atoms with E-state index >= 15 is 0 Å². The van der Waals surface area contributed by atoms with Crippen LogP contribution in [-0.2, 0) is 0 Å². The van der Waals surface area contributed by atoms with Crippen molar-refractivity contribution < 1.29 is 4.79 Å². The highest BCUT2D eigenvalue weighted by atomic mass is 32.1. The number of hydrogen-bond acceptors (Lipinski definition) is 5.